The van der Waals surface area contributed by atoms with E-state index in [1.54, 1.807) is 42.0 Å². The van der Waals surface area contributed by atoms with E-state index >= 15 is 0 Å². The largest absolute Gasteiger partial charge is 0.497 e. The van der Waals surface area contributed by atoms with Crippen molar-refractivity contribution >= 4 is 32.9 Å². The van der Waals surface area contributed by atoms with Crippen LogP contribution in [0.3, 0.4) is 0 Å². The van der Waals surface area contributed by atoms with E-state index in [4.69, 9.17) is 10.5 Å². The molecule has 0 unspecified atom stereocenters. The van der Waals surface area contributed by atoms with E-state index in [9.17, 15) is 4.39 Å². The molecule has 0 saturated heterocycles. The molecule has 1 heterocycles. The Morgan fingerprint density at radius 1 is 1.30 bits per heavy atom. The minimum Gasteiger partial charge on any atom is -0.497 e. The second kappa shape index (κ2) is 4.79. The smallest absolute Gasteiger partial charge is 0.206 e. The van der Waals surface area contributed by atoms with Gasteiger partial charge in [-0.15, -0.1) is 0 Å². The first-order valence-corrected chi connectivity index (χ1v) is 6.67. The highest BCUT2D eigenvalue weighted by atomic mass is 79.9. The highest BCUT2D eigenvalue weighted by molar-refractivity contribution is 9.10. The molecule has 4 nitrogen and oxygen atoms in total. The van der Waals surface area contributed by atoms with Gasteiger partial charge in [-0.05, 0) is 40.2 Å². The van der Waals surface area contributed by atoms with Crippen LogP contribution >= 0.6 is 15.9 Å². The molecule has 0 saturated carbocycles. The first-order valence-electron chi connectivity index (χ1n) is 5.88. The van der Waals surface area contributed by atoms with Crippen molar-refractivity contribution in [2.45, 2.75) is 0 Å². The molecule has 2 N–H and O–H groups in total. The molecule has 0 radical (unpaired) electrons. The number of ether oxygens (including phenoxy) is 1. The zero-order valence-electron chi connectivity index (χ0n) is 10.6. The Morgan fingerprint density at radius 2 is 2.10 bits per heavy atom. The van der Waals surface area contributed by atoms with Crippen molar-refractivity contribution in [2.24, 2.45) is 0 Å². The third-order valence-corrected chi connectivity index (χ3v) is 3.69. The van der Waals surface area contributed by atoms with Gasteiger partial charge in [0, 0.05) is 10.5 Å². The molecule has 0 spiro atoms. The molecule has 3 aromatic rings. The molecule has 0 bridgehead atoms. The number of aromatic nitrogens is 2. The molecule has 0 aliphatic heterocycles. The lowest BCUT2D eigenvalue weighted by molar-refractivity contribution is 0.415. The highest BCUT2D eigenvalue weighted by Crippen LogP contribution is 2.31. The Morgan fingerprint density at radius 3 is 2.80 bits per heavy atom. The molecular weight excluding hydrogens is 325 g/mol. The van der Waals surface area contributed by atoms with Gasteiger partial charge in [-0.2, -0.15) is 0 Å². The number of nitrogens with two attached hydrogens (primary N) is 1. The summed E-state index contributed by atoms with van der Waals surface area (Å²) in [6, 6.07) is 10.1. The molecule has 6 heteroatoms. The van der Waals surface area contributed by atoms with Crippen LogP contribution in [0.1, 0.15) is 0 Å². The summed E-state index contributed by atoms with van der Waals surface area (Å²) in [5.41, 5.74) is 7.64. The summed E-state index contributed by atoms with van der Waals surface area (Å²) in [7, 11) is 1.57. The van der Waals surface area contributed by atoms with Crippen LogP contribution in [0.15, 0.2) is 40.9 Å². The molecule has 0 aliphatic carbocycles. The van der Waals surface area contributed by atoms with E-state index in [2.05, 4.69) is 20.9 Å². The van der Waals surface area contributed by atoms with Gasteiger partial charge in [0.05, 0.1) is 23.8 Å². The van der Waals surface area contributed by atoms with Crippen LogP contribution in [0.4, 0.5) is 10.3 Å². The van der Waals surface area contributed by atoms with Crippen LogP contribution in [0, 0.1) is 5.82 Å². The number of nitrogens with zero attached hydrogens (tertiary/aromatic N) is 2. The fourth-order valence-corrected chi connectivity index (χ4v) is 2.66. The van der Waals surface area contributed by atoms with Gasteiger partial charge < -0.3 is 10.5 Å². The average Bonchev–Trinajstić information content (AvgIpc) is 2.74. The van der Waals surface area contributed by atoms with Crippen LogP contribution in [-0.4, -0.2) is 16.7 Å². The first-order chi connectivity index (χ1) is 9.61. The summed E-state index contributed by atoms with van der Waals surface area (Å²) in [5, 5.41) is 0. The normalized spacial score (nSPS) is 10.9. The number of hydrogen-bond donors (Lipinski definition) is 1. The zero-order chi connectivity index (χ0) is 14.3. The molecule has 0 atom stereocenters. The monoisotopic (exact) mass is 335 g/mol. The molecule has 20 heavy (non-hydrogen) atoms. The molecule has 0 amide bonds. The lowest BCUT2D eigenvalue weighted by Crippen LogP contribution is -2.04. The van der Waals surface area contributed by atoms with Crippen molar-refractivity contribution in [3.63, 3.8) is 0 Å². The second-order valence-corrected chi connectivity index (χ2v) is 5.08. The molecule has 1 aromatic heterocycles. The number of methoxy groups -OCH3 is 1. The van der Waals surface area contributed by atoms with Crippen molar-refractivity contribution in [1.29, 1.82) is 0 Å². The summed E-state index contributed by atoms with van der Waals surface area (Å²) >= 11 is 3.35. The van der Waals surface area contributed by atoms with E-state index in [1.165, 1.54) is 6.07 Å². The van der Waals surface area contributed by atoms with Gasteiger partial charge >= 0.3 is 0 Å². The zero-order valence-corrected chi connectivity index (χ0v) is 12.2. The molecule has 0 fully saturated rings. The maximum atomic E-state index is 14.1. The highest BCUT2D eigenvalue weighted by Gasteiger charge is 2.16. The van der Waals surface area contributed by atoms with Crippen LogP contribution in [-0.2, 0) is 0 Å². The summed E-state index contributed by atoms with van der Waals surface area (Å²) in [5.74, 6) is 0.498. The van der Waals surface area contributed by atoms with Crippen molar-refractivity contribution in [3.05, 3.63) is 46.7 Å². The Labute approximate surface area is 123 Å². The number of hydrogen-bond acceptors (Lipinski definition) is 3. The summed E-state index contributed by atoms with van der Waals surface area (Å²) in [6.07, 6.45) is 0. The average molecular weight is 336 g/mol. The standard InChI is InChI=1S/C14H11BrFN3O/c1-20-8-5-6-11-12(7-8)19(14(17)18-11)13-9(15)3-2-4-10(13)16/h2-7H,1H3,(H2,17,18). The summed E-state index contributed by atoms with van der Waals surface area (Å²) < 4.78 is 21.5. The lowest BCUT2D eigenvalue weighted by atomic mass is 10.2. The van der Waals surface area contributed by atoms with Gasteiger partial charge in [0.25, 0.3) is 0 Å². The van der Waals surface area contributed by atoms with Gasteiger partial charge in [0.1, 0.15) is 11.6 Å². The van der Waals surface area contributed by atoms with Crippen LogP contribution < -0.4 is 10.5 Å². The third kappa shape index (κ3) is 1.92. The Bertz CT molecular complexity index is 780. The van der Waals surface area contributed by atoms with Crippen molar-refractivity contribution in [3.8, 4) is 11.4 Å². The maximum Gasteiger partial charge on any atom is 0.206 e. The topological polar surface area (TPSA) is 53.1 Å². The molecule has 102 valence electrons. The summed E-state index contributed by atoms with van der Waals surface area (Å²) in [4.78, 5) is 4.24. The Hall–Kier alpha value is -2.08. The molecular formula is C14H11BrFN3O. The Balaban J connectivity index is 2.38. The fourth-order valence-electron chi connectivity index (χ4n) is 2.14. The number of imidazole rings is 1. The fraction of sp³-hybridized carbons (Fsp3) is 0.0714. The Kier molecular flexibility index (Phi) is 3.10. The number of nitrogen functional groups attached to an aromatic ring is 1. The maximum absolute atomic E-state index is 14.1. The van der Waals surface area contributed by atoms with Crippen LogP contribution in [0.5, 0.6) is 5.75 Å². The van der Waals surface area contributed by atoms with E-state index in [0.717, 1.165) is 0 Å². The van der Waals surface area contributed by atoms with E-state index in [1.807, 2.05) is 0 Å². The predicted octanol–water partition coefficient (Wildman–Crippen LogP) is 3.52. The van der Waals surface area contributed by atoms with Crippen molar-refractivity contribution < 1.29 is 9.13 Å². The van der Waals surface area contributed by atoms with Gasteiger partial charge in [-0.25, -0.2) is 9.37 Å². The number of anilines is 1. The molecule has 0 aliphatic rings. The van der Waals surface area contributed by atoms with Crippen LogP contribution in [0.25, 0.3) is 16.7 Å². The van der Waals surface area contributed by atoms with Crippen molar-refractivity contribution in [1.82, 2.24) is 9.55 Å². The quantitative estimate of drug-likeness (QED) is 0.779. The predicted molar refractivity (Wildman–Crippen MR) is 79.7 cm³/mol. The first kappa shape index (κ1) is 12.9. The SMILES string of the molecule is COc1ccc2nc(N)n(-c3c(F)cccc3Br)c2c1. The van der Waals surface area contributed by atoms with E-state index in [-0.39, 0.29) is 11.8 Å². The van der Waals surface area contributed by atoms with Gasteiger partial charge in [0.2, 0.25) is 5.95 Å². The number of rotatable bonds is 2. The second-order valence-electron chi connectivity index (χ2n) is 4.23. The number of benzene rings is 2. The molecule has 3 rings (SSSR count). The number of fused-ring (bicyclic) bond motifs is 1. The lowest BCUT2D eigenvalue weighted by Gasteiger charge is -2.10. The summed E-state index contributed by atoms with van der Waals surface area (Å²) in [6.45, 7) is 0. The van der Waals surface area contributed by atoms with Gasteiger partial charge in [-0.1, -0.05) is 6.07 Å². The third-order valence-electron chi connectivity index (χ3n) is 3.05. The number of para-hydroxylation sites is 1. The minimum atomic E-state index is -0.381. The minimum absolute atomic E-state index is 0.221. The van der Waals surface area contributed by atoms with Gasteiger partial charge in [-0.3, -0.25) is 4.57 Å². The number of halogens is 2. The van der Waals surface area contributed by atoms with Gasteiger partial charge in [0.15, 0.2) is 0 Å². The van der Waals surface area contributed by atoms with Crippen molar-refractivity contribution in [2.75, 3.05) is 12.8 Å². The molecule has 2 aromatic carbocycles. The van der Waals surface area contributed by atoms with E-state index in [0.29, 0.717) is 26.9 Å². The van der Waals surface area contributed by atoms with Crippen LogP contribution in [0.2, 0.25) is 0 Å². The van der Waals surface area contributed by atoms with E-state index < -0.39 is 0 Å².